The van der Waals surface area contributed by atoms with Gasteiger partial charge < -0.3 is 9.73 Å². The minimum atomic E-state index is -0.179. The zero-order valence-electron chi connectivity index (χ0n) is 11.5. The van der Waals surface area contributed by atoms with E-state index in [1.807, 2.05) is 38.1 Å². The molecule has 0 aliphatic rings. The summed E-state index contributed by atoms with van der Waals surface area (Å²) < 4.78 is 5.57. The van der Waals surface area contributed by atoms with Crippen molar-refractivity contribution in [3.63, 3.8) is 0 Å². The third-order valence-corrected chi connectivity index (χ3v) is 2.85. The van der Waals surface area contributed by atoms with Crippen molar-refractivity contribution < 1.29 is 9.21 Å². The lowest BCUT2D eigenvalue weighted by Crippen LogP contribution is -2.24. The summed E-state index contributed by atoms with van der Waals surface area (Å²) in [7, 11) is 0. The topological polar surface area (TPSA) is 55.1 Å². The molecule has 1 N–H and O–H groups in total. The van der Waals surface area contributed by atoms with E-state index in [2.05, 4.69) is 10.3 Å². The van der Waals surface area contributed by atoms with E-state index in [1.54, 1.807) is 6.92 Å². The fourth-order valence-corrected chi connectivity index (χ4v) is 1.75. The van der Waals surface area contributed by atoms with E-state index in [0.29, 0.717) is 23.9 Å². The van der Waals surface area contributed by atoms with Gasteiger partial charge in [0.15, 0.2) is 5.69 Å². The van der Waals surface area contributed by atoms with Crippen LogP contribution in [0.15, 0.2) is 28.7 Å². The number of rotatable bonds is 4. The summed E-state index contributed by atoms with van der Waals surface area (Å²) in [6, 6.07) is 7.86. The summed E-state index contributed by atoms with van der Waals surface area (Å²) in [6.45, 7) is 6.43. The molecule has 19 heavy (non-hydrogen) atoms. The Morgan fingerprint density at radius 1 is 1.26 bits per heavy atom. The van der Waals surface area contributed by atoms with Crippen LogP contribution in [0.25, 0.3) is 11.5 Å². The Hall–Kier alpha value is -2.10. The predicted molar refractivity (Wildman–Crippen MR) is 74.0 cm³/mol. The molecule has 1 amide bonds. The molecule has 100 valence electrons. The maximum atomic E-state index is 11.9. The summed E-state index contributed by atoms with van der Waals surface area (Å²) in [5, 5.41) is 2.80. The van der Waals surface area contributed by atoms with Crippen LogP contribution < -0.4 is 5.32 Å². The normalized spacial score (nSPS) is 10.5. The van der Waals surface area contributed by atoms with Gasteiger partial charge in [-0.15, -0.1) is 0 Å². The molecule has 0 saturated heterocycles. The average molecular weight is 258 g/mol. The van der Waals surface area contributed by atoms with E-state index in [4.69, 9.17) is 4.42 Å². The molecule has 1 aromatic heterocycles. The van der Waals surface area contributed by atoms with Gasteiger partial charge >= 0.3 is 0 Å². The van der Waals surface area contributed by atoms with Crippen LogP contribution in [0.5, 0.6) is 0 Å². The van der Waals surface area contributed by atoms with Crippen LogP contribution in [0.1, 0.15) is 35.2 Å². The van der Waals surface area contributed by atoms with E-state index >= 15 is 0 Å². The lowest BCUT2D eigenvalue weighted by Gasteiger charge is -1.99. The monoisotopic (exact) mass is 258 g/mol. The van der Waals surface area contributed by atoms with Crippen molar-refractivity contribution in [1.29, 1.82) is 0 Å². The molecule has 4 heteroatoms. The second-order valence-corrected chi connectivity index (χ2v) is 4.55. The first kappa shape index (κ1) is 13.3. The van der Waals surface area contributed by atoms with Gasteiger partial charge in [0.1, 0.15) is 5.76 Å². The van der Waals surface area contributed by atoms with Crippen LogP contribution in [-0.4, -0.2) is 17.4 Å². The van der Waals surface area contributed by atoms with E-state index in [1.165, 1.54) is 5.56 Å². The number of benzene rings is 1. The Labute approximate surface area is 112 Å². The third-order valence-electron chi connectivity index (χ3n) is 2.85. The summed E-state index contributed by atoms with van der Waals surface area (Å²) in [6.07, 6.45) is 0.896. The highest BCUT2D eigenvalue weighted by Crippen LogP contribution is 2.22. The Morgan fingerprint density at radius 3 is 2.58 bits per heavy atom. The van der Waals surface area contributed by atoms with Gasteiger partial charge in [-0.1, -0.05) is 24.6 Å². The Kier molecular flexibility index (Phi) is 4.00. The van der Waals surface area contributed by atoms with Gasteiger partial charge in [0.05, 0.1) is 0 Å². The minimum absolute atomic E-state index is 0.179. The van der Waals surface area contributed by atoms with E-state index in [-0.39, 0.29) is 5.91 Å². The van der Waals surface area contributed by atoms with Gasteiger partial charge in [0.25, 0.3) is 5.91 Å². The lowest BCUT2D eigenvalue weighted by atomic mass is 10.1. The minimum Gasteiger partial charge on any atom is -0.441 e. The van der Waals surface area contributed by atoms with Gasteiger partial charge in [-0.05, 0) is 32.4 Å². The van der Waals surface area contributed by atoms with Crippen molar-refractivity contribution in [1.82, 2.24) is 10.3 Å². The van der Waals surface area contributed by atoms with Gasteiger partial charge in [-0.3, -0.25) is 4.79 Å². The van der Waals surface area contributed by atoms with Crippen LogP contribution in [0.2, 0.25) is 0 Å². The molecule has 4 nitrogen and oxygen atoms in total. The molecular formula is C15H18N2O2. The number of aromatic nitrogens is 1. The highest BCUT2D eigenvalue weighted by molar-refractivity contribution is 5.93. The summed E-state index contributed by atoms with van der Waals surface area (Å²) >= 11 is 0. The fourth-order valence-electron chi connectivity index (χ4n) is 1.75. The van der Waals surface area contributed by atoms with Crippen LogP contribution in [0.3, 0.4) is 0 Å². The standard InChI is InChI=1S/C15H18N2O2/c1-4-9-16-14(18)13-11(3)19-15(17-13)12-7-5-10(2)6-8-12/h5-8H,4,9H2,1-3H3,(H,16,18). The Balaban J connectivity index is 2.25. The van der Waals surface area contributed by atoms with Gasteiger partial charge in [-0.25, -0.2) is 4.98 Å². The number of hydrogen-bond donors (Lipinski definition) is 1. The highest BCUT2D eigenvalue weighted by Gasteiger charge is 2.17. The zero-order valence-corrected chi connectivity index (χ0v) is 11.5. The number of nitrogens with zero attached hydrogens (tertiary/aromatic N) is 1. The first-order chi connectivity index (χ1) is 9.11. The smallest absolute Gasteiger partial charge is 0.273 e. The van der Waals surface area contributed by atoms with Gasteiger partial charge in [0.2, 0.25) is 5.89 Å². The lowest BCUT2D eigenvalue weighted by molar-refractivity contribution is 0.0948. The second kappa shape index (κ2) is 5.69. The summed E-state index contributed by atoms with van der Waals surface area (Å²) in [5.74, 6) is 0.852. The maximum Gasteiger partial charge on any atom is 0.273 e. The van der Waals surface area contributed by atoms with Crippen molar-refractivity contribution in [3.8, 4) is 11.5 Å². The fraction of sp³-hybridized carbons (Fsp3) is 0.333. The first-order valence-corrected chi connectivity index (χ1v) is 6.44. The molecule has 2 rings (SSSR count). The number of amides is 1. The number of oxazole rings is 1. The highest BCUT2D eigenvalue weighted by atomic mass is 16.4. The molecule has 0 saturated carbocycles. The maximum absolute atomic E-state index is 11.9. The molecule has 0 radical (unpaired) electrons. The van der Waals surface area contributed by atoms with Crippen LogP contribution in [-0.2, 0) is 0 Å². The largest absolute Gasteiger partial charge is 0.441 e. The van der Waals surface area contributed by atoms with Gasteiger partial charge in [0, 0.05) is 12.1 Å². The van der Waals surface area contributed by atoms with Crippen LogP contribution in [0, 0.1) is 13.8 Å². The molecule has 0 aliphatic carbocycles. The molecule has 0 aliphatic heterocycles. The van der Waals surface area contributed by atoms with Crippen molar-refractivity contribution in [2.45, 2.75) is 27.2 Å². The number of aryl methyl sites for hydroxylation is 2. The molecule has 0 spiro atoms. The number of hydrogen-bond acceptors (Lipinski definition) is 3. The number of nitrogens with one attached hydrogen (secondary N) is 1. The molecule has 2 aromatic rings. The number of carbonyl (C=O) groups excluding carboxylic acids is 1. The summed E-state index contributed by atoms with van der Waals surface area (Å²) in [5.41, 5.74) is 2.42. The van der Waals surface area contributed by atoms with Crippen LogP contribution >= 0.6 is 0 Å². The van der Waals surface area contributed by atoms with Crippen LogP contribution in [0.4, 0.5) is 0 Å². The van der Waals surface area contributed by atoms with Crippen molar-refractivity contribution in [3.05, 3.63) is 41.3 Å². The molecule has 0 fully saturated rings. The molecule has 0 unspecified atom stereocenters. The molecule has 0 atom stereocenters. The molecule has 1 aromatic carbocycles. The quantitative estimate of drug-likeness (QED) is 0.916. The Bertz CT molecular complexity index is 570. The first-order valence-electron chi connectivity index (χ1n) is 6.44. The predicted octanol–water partition coefficient (Wildman–Crippen LogP) is 3.10. The van der Waals surface area contributed by atoms with E-state index in [9.17, 15) is 4.79 Å². The average Bonchev–Trinajstić information content (AvgIpc) is 2.79. The van der Waals surface area contributed by atoms with E-state index < -0.39 is 0 Å². The van der Waals surface area contributed by atoms with Crippen molar-refractivity contribution in [2.24, 2.45) is 0 Å². The number of carbonyl (C=O) groups is 1. The second-order valence-electron chi connectivity index (χ2n) is 4.55. The zero-order chi connectivity index (χ0) is 13.8. The molecule has 1 heterocycles. The molecular weight excluding hydrogens is 240 g/mol. The third kappa shape index (κ3) is 3.02. The van der Waals surface area contributed by atoms with Gasteiger partial charge in [-0.2, -0.15) is 0 Å². The molecule has 0 bridgehead atoms. The van der Waals surface area contributed by atoms with Crippen molar-refractivity contribution >= 4 is 5.91 Å². The Morgan fingerprint density at radius 2 is 1.95 bits per heavy atom. The summed E-state index contributed by atoms with van der Waals surface area (Å²) in [4.78, 5) is 16.2. The van der Waals surface area contributed by atoms with E-state index in [0.717, 1.165) is 12.0 Å². The SMILES string of the molecule is CCCNC(=O)c1nc(-c2ccc(C)cc2)oc1C. The van der Waals surface area contributed by atoms with Crippen molar-refractivity contribution in [2.75, 3.05) is 6.54 Å².